The van der Waals surface area contributed by atoms with Gasteiger partial charge in [0, 0.05) is 11.9 Å². The normalized spacial score (nSPS) is 13.1. The predicted molar refractivity (Wildman–Crippen MR) is 145 cm³/mol. The lowest BCUT2D eigenvalue weighted by Gasteiger charge is -2.13. The Labute approximate surface area is 199 Å². The molecule has 0 bridgehead atoms. The second-order valence-electron chi connectivity index (χ2n) is 6.36. The van der Waals surface area contributed by atoms with E-state index in [0.717, 1.165) is 11.2 Å². The number of hydrogen-bond donors (Lipinski definition) is 1. The fraction of sp³-hybridized carbons (Fsp3) is 0.0714. The Hall–Kier alpha value is -4.12. The maximum atomic E-state index is 6.12. The lowest BCUT2D eigenvalue weighted by molar-refractivity contribution is 0.430. The van der Waals surface area contributed by atoms with Crippen LogP contribution in [0.4, 0.5) is 5.95 Å². The third-order valence-electron chi connectivity index (χ3n) is 3.83. The Balaban J connectivity index is 3.45. The summed E-state index contributed by atoms with van der Waals surface area (Å²) in [5.74, 6) is 1.31. The summed E-state index contributed by atoms with van der Waals surface area (Å²) in [6.45, 7) is 18.9. The monoisotopic (exact) mass is 436 g/mol. The lowest BCUT2D eigenvalue weighted by Crippen LogP contribution is -2.22. The minimum absolute atomic E-state index is 0.371. The molecule has 167 valence electrons. The SMILES string of the molecule is C=C/C=C\C=C(/C=C)Nc1ncc([B]C(/C=C\C)=C/C=C\C)c(OC(/C=C\C=C)=C/C=C)n1. The van der Waals surface area contributed by atoms with Crippen LogP contribution >= 0.6 is 0 Å². The van der Waals surface area contributed by atoms with Crippen molar-refractivity contribution in [3.63, 3.8) is 0 Å². The Morgan fingerprint density at radius 1 is 0.909 bits per heavy atom. The Morgan fingerprint density at radius 2 is 1.70 bits per heavy atom. The quantitative estimate of drug-likeness (QED) is 0.213. The zero-order valence-corrected chi connectivity index (χ0v) is 19.4. The Bertz CT molecular complexity index is 1040. The van der Waals surface area contributed by atoms with Crippen LogP contribution in [0.15, 0.2) is 141 Å². The highest BCUT2D eigenvalue weighted by Gasteiger charge is 2.13. The van der Waals surface area contributed by atoms with Gasteiger partial charge in [-0.05, 0) is 43.6 Å². The minimum atomic E-state index is 0.371. The topological polar surface area (TPSA) is 47.0 Å². The van der Waals surface area contributed by atoms with Crippen molar-refractivity contribution >= 4 is 18.7 Å². The minimum Gasteiger partial charge on any atom is -0.439 e. The van der Waals surface area contributed by atoms with Gasteiger partial charge >= 0.3 is 0 Å². The molecule has 0 aromatic carbocycles. The Morgan fingerprint density at radius 3 is 2.33 bits per heavy atom. The van der Waals surface area contributed by atoms with Crippen molar-refractivity contribution in [1.29, 1.82) is 0 Å². The van der Waals surface area contributed by atoms with Gasteiger partial charge in [-0.3, -0.25) is 0 Å². The molecular formula is C28H31BN3O. The van der Waals surface area contributed by atoms with E-state index in [4.69, 9.17) is 4.74 Å². The smallest absolute Gasteiger partial charge is 0.230 e. The molecule has 0 fully saturated rings. The predicted octanol–water partition coefficient (Wildman–Crippen LogP) is 6.26. The van der Waals surface area contributed by atoms with Crippen molar-refractivity contribution in [2.24, 2.45) is 0 Å². The first-order chi connectivity index (χ1) is 16.1. The van der Waals surface area contributed by atoms with E-state index in [0.29, 0.717) is 23.1 Å². The number of allylic oxidation sites excluding steroid dienone is 16. The van der Waals surface area contributed by atoms with Crippen molar-refractivity contribution in [2.75, 3.05) is 5.32 Å². The van der Waals surface area contributed by atoms with Gasteiger partial charge < -0.3 is 10.1 Å². The second kappa shape index (κ2) is 16.6. The van der Waals surface area contributed by atoms with Crippen molar-refractivity contribution in [2.45, 2.75) is 13.8 Å². The number of nitrogens with one attached hydrogen (secondary N) is 1. The first-order valence-corrected chi connectivity index (χ1v) is 10.5. The molecule has 0 saturated heterocycles. The van der Waals surface area contributed by atoms with Crippen molar-refractivity contribution in [3.05, 3.63) is 141 Å². The van der Waals surface area contributed by atoms with Gasteiger partial charge in [0.2, 0.25) is 19.1 Å². The number of nitrogens with zero attached hydrogens (tertiary/aromatic N) is 2. The molecule has 1 rings (SSSR count). The number of rotatable bonds is 14. The van der Waals surface area contributed by atoms with E-state index in [-0.39, 0.29) is 0 Å². The molecule has 1 aromatic heterocycles. The van der Waals surface area contributed by atoms with Crippen LogP contribution in [-0.2, 0) is 0 Å². The molecule has 0 aliphatic heterocycles. The zero-order chi connectivity index (χ0) is 24.3. The van der Waals surface area contributed by atoms with Crippen molar-refractivity contribution in [1.82, 2.24) is 9.97 Å². The van der Waals surface area contributed by atoms with E-state index in [2.05, 4.69) is 41.6 Å². The molecular weight excluding hydrogens is 405 g/mol. The molecule has 1 heterocycles. The summed E-state index contributed by atoms with van der Waals surface area (Å²) >= 11 is 0. The van der Waals surface area contributed by atoms with Gasteiger partial charge in [-0.15, -0.1) is 0 Å². The number of ether oxygens (including phenoxy) is 1. The van der Waals surface area contributed by atoms with E-state index in [1.54, 1.807) is 48.7 Å². The van der Waals surface area contributed by atoms with Crippen molar-refractivity contribution in [3.8, 4) is 5.88 Å². The van der Waals surface area contributed by atoms with Crippen LogP contribution in [0.3, 0.4) is 0 Å². The van der Waals surface area contributed by atoms with Crippen LogP contribution in [0.2, 0.25) is 0 Å². The molecule has 0 atom stereocenters. The van der Waals surface area contributed by atoms with Crippen LogP contribution in [0.25, 0.3) is 0 Å². The van der Waals surface area contributed by atoms with Gasteiger partial charge in [0.15, 0.2) is 0 Å². The van der Waals surface area contributed by atoms with E-state index in [1.807, 2.05) is 69.7 Å². The van der Waals surface area contributed by atoms with Crippen LogP contribution < -0.4 is 15.5 Å². The molecule has 33 heavy (non-hydrogen) atoms. The van der Waals surface area contributed by atoms with Gasteiger partial charge in [-0.2, -0.15) is 4.98 Å². The molecule has 0 aliphatic rings. The fourth-order valence-electron chi connectivity index (χ4n) is 2.39. The van der Waals surface area contributed by atoms with Gasteiger partial charge in [0.05, 0.1) is 0 Å². The van der Waals surface area contributed by atoms with E-state index in [9.17, 15) is 0 Å². The summed E-state index contributed by atoms with van der Waals surface area (Å²) in [7, 11) is 1.96. The van der Waals surface area contributed by atoms with E-state index < -0.39 is 0 Å². The first kappa shape index (κ1) is 26.9. The molecule has 0 unspecified atom stereocenters. The number of aromatic nitrogens is 2. The second-order valence-corrected chi connectivity index (χ2v) is 6.36. The standard InChI is InChI=1S/C28H31BN3O/c1-7-13-16-20-24(12-6)31-28-30-22-26(29-23(17-10-4)19-14-8-2)27(32-28)33-25(18-11-5)21-15-9-3/h7-22H,1,3,5-6H2,2,4H3,(H,30,31,32)/b14-8-,16-13-,17-10-,21-15-,23-19+,24-20+,25-18+. The average Bonchev–Trinajstić information content (AvgIpc) is 2.82. The average molecular weight is 436 g/mol. The molecule has 1 aromatic rings. The number of hydrogen-bond acceptors (Lipinski definition) is 4. The van der Waals surface area contributed by atoms with E-state index in [1.165, 1.54) is 0 Å². The molecule has 0 spiro atoms. The summed E-state index contributed by atoms with van der Waals surface area (Å²) in [6, 6.07) is 0. The summed E-state index contributed by atoms with van der Waals surface area (Å²) in [6.07, 6.45) is 29.1. The summed E-state index contributed by atoms with van der Waals surface area (Å²) in [5, 5.41) is 3.14. The van der Waals surface area contributed by atoms with E-state index >= 15 is 0 Å². The highest BCUT2D eigenvalue weighted by Crippen LogP contribution is 2.14. The maximum absolute atomic E-state index is 6.12. The molecule has 1 radical (unpaired) electrons. The first-order valence-electron chi connectivity index (χ1n) is 10.5. The van der Waals surface area contributed by atoms with Crippen LogP contribution in [0.5, 0.6) is 5.88 Å². The molecule has 4 nitrogen and oxygen atoms in total. The van der Waals surface area contributed by atoms with Gasteiger partial charge in [0.1, 0.15) is 5.76 Å². The molecule has 0 saturated carbocycles. The third-order valence-corrected chi connectivity index (χ3v) is 3.83. The molecule has 5 heteroatoms. The summed E-state index contributed by atoms with van der Waals surface area (Å²) in [4.78, 5) is 9.05. The fourth-order valence-corrected chi connectivity index (χ4v) is 2.39. The van der Waals surface area contributed by atoms with Crippen molar-refractivity contribution < 1.29 is 4.74 Å². The van der Waals surface area contributed by atoms with Crippen LogP contribution in [0.1, 0.15) is 13.8 Å². The number of anilines is 1. The van der Waals surface area contributed by atoms with Gasteiger partial charge in [-0.1, -0.05) is 98.6 Å². The molecule has 1 N–H and O–H groups in total. The summed E-state index contributed by atoms with van der Waals surface area (Å²) in [5.41, 5.74) is 2.42. The summed E-state index contributed by atoms with van der Waals surface area (Å²) < 4.78 is 6.12. The van der Waals surface area contributed by atoms with Gasteiger partial charge in [-0.25, -0.2) is 4.98 Å². The zero-order valence-electron chi connectivity index (χ0n) is 19.4. The maximum Gasteiger partial charge on any atom is 0.230 e. The van der Waals surface area contributed by atoms with Gasteiger partial charge in [0.25, 0.3) is 0 Å². The van der Waals surface area contributed by atoms with Crippen LogP contribution in [0, 0.1) is 0 Å². The molecule has 0 aliphatic carbocycles. The van der Waals surface area contributed by atoms with Crippen LogP contribution in [-0.4, -0.2) is 17.2 Å². The Kier molecular flexibility index (Phi) is 13.5. The highest BCUT2D eigenvalue weighted by molar-refractivity contribution is 6.62. The largest absolute Gasteiger partial charge is 0.439 e. The molecule has 0 amide bonds. The third kappa shape index (κ3) is 10.6. The lowest BCUT2D eigenvalue weighted by atomic mass is 9.63. The highest BCUT2D eigenvalue weighted by atomic mass is 16.5.